The molecule has 4 heteroatoms. The Bertz CT molecular complexity index is 436. The van der Waals surface area contributed by atoms with Crippen molar-refractivity contribution in [3.05, 3.63) is 28.2 Å². The molecule has 0 radical (unpaired) electrons. The highest BCUT2D eigenvalue weighted by Crippen LogP contribution is 2.44. The lowest BCUT2D eigenvalue weighted by atomic mass is 9.67. The molecule has 1 aromatic carbocycles. The molecular formula is C14H19BrClNO. The van der Waals surface area contributed by atoms with Crippen molar-refractivity contribution in [2.75, 3.05) is 7.11 Å². The first-order valence-corrected chi connectivity index (χ1v) is 7.38. The zero-order valence-electron chi connectivity index (χ0n) is 11.0. The van der Waals surface area contributed by atoms with Crippen molar-refractivity contribution in [3.63, 3.8) is 0 Å². The standard InChI is InChI=1S/C14H19BrClNO/c1-14(2)12(16)7-13(14)17-8-9-6-10(18-3)4-5-11(9)15/h4-6,12-13,17H,7-8H2,1-3H3. The van der Waals surface area contributed by atoms with Gasteiger partial charge in [-0.1, -0.05) is 29.8 Å². The molecule has 0 saturated heterocycles. The summed E-state index contributed by atoms with van der Waals surface area (Å²) in [5.41, 5.74) is 1.38. The first kappa shape index (κ1) is 14.2. The van der Waals surface area contributed by atoms with Crippen LogP contribution in [0.5, 0.6) is 5.75 Å². The van der Waals surface area contributed by atoms with Gasteiger partial charge in [-0.3, -0.25) is 0 Å². The van der Waals surface area contributed by atoms with Gasteiger partial charge in [0.05, 0.1) is 7.11 Å². The molecule has 2 rings (SSSR count). The van der Waals surface area contributed by atoms with E-state index in [9.17, 15) is 0 Å². The van der Waals surface area contributed by atoms with E-state index in [2.05, 4.69) is 41.2 Å². The average Bonchev–Trinajstić information content (AvgIpc) is 2.36. The van der Waals surface area contributed by atoms with Crippen molar-refractivity contribution >= 4 is 27.5 Å². The molecule has 0 bridgehead atoms. The lowest BCUT2D eigenvalue weighted by molar-refractivity contribution is 0.115. The van der Waals surface area contributed by atoms with Crippen LogP contribution in [0, 0.1) is 5.41 Å². The van der Waals surface area contributed by atoms with Gasteiger partial charge in [-0.25, -0.2) is 0 Å². The van der Waals surface area contributed by atoms with E-state index >= 15 is 0 Å². The molecule has 0 spiro atoms. The van der Waals surface area contributed by atoms with Gasteiger partial charge < -0.3 is 10.1 Å². The Hall–Kier alpha value is -0.250. The largest absolute Gasteiger partial charge is 0.497 e. The molecule has 1 N–H and O–H groups in total. The third kappa shape index (κ3) is 2.68. The van der Waals surface area contributed by atoms with E-state index in [0.29, 0.717) is 6.04 Å². The number of rotatable bonds is 4. The molecule has 1 aliphatic carbocycles. The number of hydrogen-bond donors (Lipinski definition) is 1. The van der Waals surface area contributed by atoms with Crippen molar-refractivity contribution in [1.82, 2.24) is 5.32 Å². The Balaban J connectivity index is 1.99. The fourth-order valence-electron chi connectivity index (χ4n) is 2.27. The molecule has 1 fully saturated rings. The molecule has 2 atom stereocenters. The van der Waals surface area contributed by atoms with Crippen LogP contribution < -0.4 is 10.1 Å². The van der Waals surface area contributed by atoms with Gasteiger partial charge in [-0.15, -0.1) is 11.6 Å². The number of nitrogens with one attached hydrogen (secondary N) is 1. The molecule has 1 aromatic rings. The van der Waals surface area contributed by atoms with E-state index in [0.717, 1.165) is 23.2 Å². The van der Waals surface area contributed by atoms with Crippen LogP contribution in [0.4, 0.5) is 0 Å². The van der Waals surface area contributed by atoms with Gasteiger partial charge in [0.25, 0.3) is 0 Å². The minimum atomic E-state index is 0.174. The molecule has 0 aromatic heterocycles. The van der Waals surface area contributed by atoms with E-state index in [1.807, 2.05) is 12.1 Å². The topological polar surface area (TPSA) is 21.3 Å². The molecule has 0 heterocycles. The lowest BCUT2D eigenvalue weighted by Crippen LogP contribution is -2.57. The fourth-order valence-corrected chi connectivity index (χ4v) is 2.98. The van der Waals surface area contributed by atoms with Crippen LogP contribution in [0.1, 0.15) is 25.8 Å². The van der Waals surface area contributed by atoms with Crippen LogP contribution in [0.3, 0.4) is 0 Å². The van der Waals surface area contributed by atoms with Gasteiger partial charge in [-0.2, -0.15) is 0 Å². The molecule has 100 valence electrons. The zero-order chi connectivity index (χ0) is 13.3. The van der Waals surface area contributed by atoms with Crippen molar-refractivity contribution in [2.45, 2.75) is 38.2 Å². The maximum absolute atomic E-state index is 6.23. The van der Waals surface area contributed by atoms with Gasteiger partial charge in [0.1, 0.15) is 5.75 Å². The third-order valence-electron chi connectivity index (χ3n) is 3.94. The Morgan fingerprint density at radius 1 is 1.50 bits per heavy atom. The molecule has 1 saturated carbocycles. The van der Waals surface area contributed by atoms with E-state index in [1.54, 1.807) is 7.11 Å². The predicted octanol–water partition coefficient (Wildman–Crippen LogP) is 3.95. The molecule has 0 aliphatic heterocycles. The van der Waals surface area contributed by atoms with Gasteiger partial charge in [-0.05, 0) is 35.6 Å². The number of hydrogen-bond acceptors (Lipinski definition) is 2. The minimum Gasteiger partial charge on any atom is -0.497 e. The minimum absolute atomic E-state index is 0.174. The highest BCUT2D eigenvalue weighted by atomic mass is 79.9. The highest BCUT2D eigenvalue weighted by Gasteiger charge is 2.46. The second-order valence-electron chi connectivity index (χ2n) is 5.42. The van der Waals surface area contributed by atoms with Crippen molar-refractivity contribution < 1.29 is 4.74 Å². The Kier molecular flexibility index (Phi) is 4.25. The number of halogens is 2. The number of methoxy groups -OCH3 is 1. The summed E-state index contributed by atoms with van der Waals surface area (Å²) in [7, 11) is 1.69. The van der Waals surface area contributed by atoms with Gasteiger partial charge in [0.2, 0.25) is 0 Å². The normalized spacial score (nSPS) is 25.6. The summed E-state index contributed by atoms with van der Waals surface area (Å²) in [6.07, 6.45) is 1.04. The average molecular weight is 333 g/mol. The number of alkyl halides is 1. The van der Waals surface area contributed by atoms with Gasteiger partial charge in [0.15, 0.2) is 0 Å². The smallest absolute Gasteiger partial charge is 0.119 e. The maximum atomic E-state index is 6.23. The van der Waals surface area contributed by atoms with E-state index < -0.39 is 0 Å². The molecule has 2 unspecified atom stereocenters. The molecule has 2 nitrogen and oxygen atoms in total. The fraction of sp³-hybridized carbons (Fsp3) is 0.571. The van der Waals surface area contributed by atoms with Crippen molar-refractivity contribution in [2.24, 2.45) is 5.41 Å². The van der Waals surface area contributed by atoms with Gasteiger partial charge >= 0.3 is 0 Å². The maximum Gasteiger partial charge on any atom is 0.119 e. The van der Waals surface area contributed by atoms with E-state index in [1.165, 1.54) is 5.56 Å². The summed E-state index contributed by atoms with van der Waals surface area (Å²) in [4.78, 5) is 0. The van der Waals surface area contributed by atoms with Crippen LogP contribution in [-0.4, -0.2) is 18.5 Å². The summed E-state index contributed by atoms with van der Waals surface area (Å²) in [5, 5.41) is 3.86. The second kappa shape index (κ2) is 5.40. The molecule has 0 amide bonds. The molecular weight excluding hydrogens is 314 g/mol. The van der Waals surface area contributed by atoms with Gasteiger partial charge in [0, 0.05) is 22.4 Å². The first-order chi connectivity index (χ1) is 8.45. The zero-order valence-corrected chi connectivity index (χ0v) is 13.3. The molecule has 18 heavy (non-hydrogen) atoms. The van der Waals surface area contributed by atoms with Crippen LogP contribution >= 0.6 is 27.5 Å². The summed E-state index contributed by atoms with van der Waals surface area (Å²) in [5.74, 6) is 0.887. The predicted molar refractivity (Wildman–Crippen MR) is 79.4 cm³/mol. The number of benzene rings is 1. The third-order valence-corrected chi connectivity index (χ3v) is 5.45. The van der Waals surface area contributed by atoms with E-state index in [4.69, 9.17) is 16.3 Å². The van der Waals surface area contributed by atoms with Crippen LogP contribution in [-0.2, 0) is 6.54 Å². The summed E-state index contributed by atoms with van der Waals surface area (Å²) in [6, 6.07) is 6.51. The number of ether oxygens (including phenoxy) is 1. The summed E-state index contributed by atoms with van der Waals surface area (Å²) >= 11 is 9.80. The monoisotopic (exact) mass is 331 g/mol. The summed E-state index contributed by atoms with van der Waals surface area (Å²) < 4.78 is 6.35. The SMILES string of the molecule is COc1ccc(Br)c(CNC2CC(Cl)C2(C)C)c1. The van der Waals surface area contributed by atoms with E-state index in [-0.39, 0.29) is 10.8 Å². The Morgan fingerprint density at radius 3 is 2.78 bits per heavy atom. The van der Waals surface area contributed by atoms with Crippen molar-refractivity contribution in [3.8, 4) is 5.75 Å². The van der Waals surface area contributed by atoms with Crippen LogP contribution in [0.2, 0.25) is 0 Å². The summed E-state index contributed by atoms with van der Waals surface area (Å²) in [6.45, 7) is 5.26. The first-order valence-electron chi connectivity index (χ1n) is 6.15. The van der Waals surface area contributed by atoms with Crippen LogP contribution in [0.25, 0.3) is 0 Å². The lowest BCUT2D eigenvalue weighted by Gasteiger charge is -2.49. The van der Waals surface area contributed by atoms with Crippen molar-refractivity contribution in [1.29, 1.82) is 0 Å². The van der Waals surface area contributed by atoms with Crippen LogP contribution in [0.15, 0.2) is 22.7 Å². The Labute approximate surface area is 122 Å². The second-order valence-corrected chi connectivity index (χ2v) is 6.80. The molecule has 1 aliphatic rings. The highest BCUT2D eigenvalue weighted by molar-refractivity contribution is 9.10. The quantitative estimate of drug-likeness (QED) is 0.843. The Morgan fingerprint density at radius 2 is 2.22 bits per heavy atom.